The summed E-state index contributed by atoms with van der Waals surface area (Å²) in [5.74, 6) is -1.53. The second kappa shape index (κ2) is 5.45. The third-order valence-electron chi connectivity index (χ3n) is 3.92. The molecule has 0 bridgehead atoms. The van der Waals surface area contributed by atoms with Gasteiger partial charge in [0.05, 0.1) is 12.0 Å². The second-order valence-electron chi connectivity index (χ2n) is 5.54. The lowest BCUT2D eigenvalue weighted by atomic mass is 9.88. The third-order valence-corrected chi connectivity index (χ3v) is 3.92. The molecular weight excluding hydrogens is 323 g/mol. The van der Waals surface area contributed by atoms with Gasteiger partial charge in [-0.25, -0.2) is 0 Å². The zero-order chi connectivity index (χ0) is 17.5. The summed E-state index contributed by atoms with van der Waals surface area (Å²) in [5.41, 5.74) is -2.66. The Labute approximate surface area is 134 Å². The number of benzene rings is 2. The van der Waals surface area contributed by atoms with Gasteiger partial charge in [-0.1, -0.05) is 30.3 Å². The van der Waals surface area contributed by atoms with Crippen molar-refractivity contribution in [2.75, 3.05) is 5.32 Å². The number of aliphatic hydroxyl groups is 1. The average Bonchev–Trinajstić information content (AvgIpc) is 2.78. The molecular formula is C17H12F3NO3. The fourth-order valence-electron chi connectivity index (χ4n) is 2.68. The van der Waals surface area contributed by atoms with Gasteiger partial charge in [0.25, 0.3) is 5.91 Å². The molecule has 1 unspecified atom stereocenters. The van der Waals surface area contributed by atoms with E-state index in [-0.39, 0.29) is 11.1 Å². The maximum atomic E-state index is 12.7. The molecule has 7 heteroatoms. The van der Waals surface area contributed by atoms with Crippen molar-refractivity contribution in [3.05, 3.63) is 65.2 Å². The number of ketones is 1. The Morgan fingerprint density at radius 2 is 1.83 bits per heavy atom. The van der Waals surface area contributed by atoms with Crippen LogP contribution in [0.15, 0.2) is 48.5 Å². The van der Waals surface area contributed by atoms with Crippen LogP contribution in [-0.4, -0.2) is 16.8 Å². The lowest BCUT2D eigenvalue weighted by Crippen LogP contribution is -2.36. The molecule has 124 valence electrons. The first-order valence-electron chi connectivity index (χ1n) is 7.05. The SMILES string of the molecule is O=C(CC1(O)C(=O)Nc2ccccc21)c1cccc(C(F)(F)F)c1. The molecule has 2 aromatic rings. The number of para-hydroxylation sites is 1. The van der Waals surface area contributed by atoms with Crippen molar-refractivity contribution >= 4 is 17.4 Å². The number of fused-ring (bicyclic) bond motifs is 1. The topological polar surface area (TPSA) is 66.4 Å². The quantitative estimate of drug-likeness (QED) is 0.847. The summed E-state index contributed by atoms with van der Waals surface area (Å²) in [6.07, 6.45) is -5.22. The molecule has 1 aliphatic rings. The van der Waals surface area contributed by atoms with E-state index >= 15 is 0 Å². The number of carbonyl (C=O) groups excluding carboxylic acids is 2. The minimum atomic E-state index is -4.58. The van der Waals surface area contributed by atoms with Gasteiger partial charge in [-0.05, 0) is 18.2 Å². The standard InChI is InChI=1S/C17H12F3NO3/c18-17(19,20)11-5-3-4-10(8-11)14(22)9-16(24)12-6-1-2-7-13(12)21-15(16)23/h1-8,24H,9H2,(H,21,23). The highest BCUT2D eigenvalue weighted by atomic mass is 19.4. The van der Waals surface area contributed by atoms with Gasteiger partial charge in [-0.3, -0.25) is 9.59 Å². The molecule has 1 aliphatic heterocycles. The van der Waals surface area contributed by atoms with E-state index in [0.29, 0.717) is 11.8 Å². The van der Waals surface area contributed by atoms with Crippen molar-refractivity contribution in [2.45, 2.75) is 18.2 Å². The Hall–Kier alpha value is -2.67. The molecule has 0 spiro atoms. The van der Waals surface area contributed by atoms with E-state index in [2.05, 4.69) is 5.32 Å². The lowest BCUT2D eigenvalue weighted by molar-refractivity contribution is -0.137. The monoisotopic (exact) mass is 335 g/mol. The Balaban J connectivity index is 1.92. The van der Waals surface area contributed by atoms with Gasteiger partial charge in [0.2, 0.25) is 0 Å². The number of carbonyl (C=O) groups is 2. The van der Waals surface area contributed by atoms with Crippen LogP contribution in [0.3, 0.4) is 0 Å². The van der Waals surface area contributed by atoms with Crippen LogP contribution in [0.1, 0.15) is 27.9 Å². The predicted octanol–water partition coefficient (Wildman–Crippen LogP) is 3.12. The van der Waals surface area contributed by atoms with E-state index in [9.17, 15) is 27.9 Å². The van der Waals surface area contributed by atoms with Crippen LogP contribution in [-0.2, 0) is 16.6 Å². The van der Waals surface area contributed by atoms with Crippen LogP contribution in [0.5, 0.6) is 0 Å². The van der Waals surface area contributed by atoms with Crippen molar-refractivity contribution in [3.8, 4) is 0 Å². The number of amides is 1. The molecule has 4 nitrogen and oxygen atoms in total. The molecule has 1 amide bonds. The minimum absolute atomic E-state index is 0.213. The van der Waals surface area contributed by atoms with Gasteiger partial charge >= 0.3 is 6.18 Å². The van der Waals surface area contributed by atoms with Crippen molar-refractivity contribution in [1.82, 2.24) is 0 Å². The normalized spacial score (nSPS) is 19.8. The van der Waals surface area contributed by atoms with Gasteiger partial charge in [0.15, 0.2) is 11.4 Å². The zero-order valence-corrected chi connectivity index (χ0v) is 12.2. The van der Waals surface area contributed by atoms with Gasteiger partial charge in [0.1, 0.15) is 0 Å². The van der Waals surface area contributed by atoms with Crippen LogP contribution in [0.25, 0.3) is 0 Å². The summed E-state index contributed by atoms with van der Waals surface area (Å²) >= 11 is 0. The Bertz CT molecular complexity index is 832. The number of hydrogen-bond donors (Lipinski definition) is 2. The molecule has 2 aromatic carbocycles. The number of hydrogen-bond acceptors (Lipinski definition) is 3. The summed E-state index contributed by atoms with van der Waals surface area (Å²) in [4.78, 5) is 24.4. The first-order chi connectivity index (χ1) is 11.2. The summed E-state index contributed by atoms with van der Waals surface area (Å²) < 4.78 is 38.2. The molecule has 0 fully saturated rings. The summed E-state index contributed by atoms with van der Waals surface area (Å²) in [7, 11) is 0. The number of anilines is 1. The van der Waals surface area contributed by atoms with Crippen molar-refractivity contribution < 1.29 is 27.9 Å². The van der Waals surface area contributed by atoms with Gasteiger partial charge in [-0.2, -0.15) is 13.2 Å². The van der Waals surface area contributed by atoms with E-state index in [1.165, 1.54) is 12.1 Å². The average molecular weight is 335 g/mol. The highest BCUT2D eigenvalue weighted by molar-refractivity contribution is 6.09. The van der Waals surface area contributed by atoms with E-state index in [1.54, 1.807) is 18.2 Å². The van der Waals surface area contributed by atoms with Crippen molar-refractivity contribution in [3.63, 3.8) is 0 Å². The summed E-state index contributed by atoms with van der Waals surface area (Å²) in [6.45, 7) is 0. The zero-order valence-electron chi connectivity index (χ0n) is 12.2. The number of nitrogens with one attached hydrogen (secondary N) is 1. The smallest absolute Gasteiger partial charge is 0.375 e. The highest BCUT2D eigenvalue weighted by Gasteiger charge is 2.46. The van der Waals surface area contributed by atoms with Gasteiger partial charge in [0, 0.05) is 16.8 Å². The van der Waals surface area contributed by atoms with Crippen molar-refractivity contribution in [2.24, 2.45) is 0 Å². The van der Waals surface area contributed by atoms with E-state index in [0.717, 1.165) is 12.1 Å². The number of alkyl halides is 3. The molecule has 1 atom stereocenters. The Kier molecular flexibility index (Phi) is 3.68. The maximum Gasteiger partial charge on any atom is 0.416 e. The fraction of sp³-hybridized carbons (Fsp3) is 0.176. The minimum Gasteiger partial charge on any atom is -0.375 e. The van der Waals surface area contributed by atoms with Gasteiger partial charge < -0.3 is 10.4 Å². The number of halogens is 3. The van der Waals surface area contributed by atoms with Crippen LogP contribution >= 0.6 is 0 Å². The molecule has 0 aromatic heterocycles. The third kappa shape index (κ3) is 2.67. The molecule has 0 radical (unpaired) electrons. The van der Waals surface area contributed by atoms with Crippen LogP contribution in [0.2, 0.25) is 0 Å². The van der Waals surface area contributed by atoms with Crippen LogP contribution in [0, 0.1) is 0 Å². The first kappa shape index (κ1) is 16.2. The van der Waals surface area contributed by atoms with Crippen molar-refractivity contribution in [1.29, 1.82) is 0 Å². The first-order valence-corrected chi connectivity index (χ1v) is 7.05. The molecule has 3 rings (SSSR count). The van der Waals surface area contributed by atoms with E-state index in [4.69, 9.17) is 0 Å². The summed E-state index contributed by atoms with van der Waals surface area (Å²) in [5, 5.41) is 13.1. The Morgan fingerprint density at radius 3 is 2.54 bits per heavy atom. The molecule has 0 saturated heterocycles. The van der Waals surface area contributed by atoms with Crippen LogP contribution < -0.4 is 5.32 Å². The second-order valence-corrected chi connectivity index (χ2v) is 5.54. The Morgan fingerprint density at radius 1 is 1.12 bits per heavy atom. The number of rotatable bonds is 3. The van der Waals surface area contributed by atoms with Gasteiger partial charge in [-0.15, -0.1) is 0 Å². The largest absolute Gasteiger partial charge is 0.416 e. The lowest BCUT2D eigenvalue weighted by Gasteiger charge is -2.20. The molecule has 2 N–H and O–H groups in total. The number of Topliss-reactive ketones (excluding diaryl/α,β-unsaturated/α-hetero) is 1. The van der Waals surface area contributed by atoms with Crippen LogP contribution in [0.4, 0.5) is 18.9 Å². The predicted molar refractivity (Wildman–Crippen MR) is 79.4 cm³/mol. The van der Waals surface area contributed by atoms with E-state index in [1.807, 2.05) is 0 Å². The molecule has 0 aliphatic carbocycles. The fourth-order valence-corrected chi connectivity index (χ4v) is 2.68. The summed E-state index contributed by atoms with van der Waals surface area (Å²) in [6, 6.07) is 10.2. The highest BCUT2D eigenvalue weighted by Crippen LogP contribution is 2.39. The molecule has 0 saturated carbocycles. The maximum absolute atomic E-state index is 12.7. The molecule has 24 heavy (non-hydrogen) atoms. The molecule has 1 heterocycles. The van der Waals surface area contributed by atoms with E-state index < -0.39 is 35.5 Å².